The van der Waals surface area contributed by atoms with Crippen LogP contribution in [0, 0.1) is 0 Å². The average Bonchev–Trinajstić information content (AvgIpc) is 2.30. The molecule has 1 aliphatic rings. The molecule has 0 aromatic heterocycles. The van der Waals surface area contributed by atoms with Gasteiger partial charge in [-0.1, -0.05) is 18.2 Å². The molecule has 0 heterocycles. The van der Waals surface area contributed by atoms with Crippen molar-refractivity contribution in [3.8, 4) is 0 Å². The van der Waals surface area contributed by atoms with E-state index in [0.717, 1.165) is 12.8 Å². The molecule has 1 aromatic carbocycles. The van der Waals surface area contributed by atoms with E-state index in [0.29, 0.717) is 13.2 Å². The Morgan fingerprint density at radius 3 is 2.53 bits per heavy atom. The SMILES string of the molecule is COCc1ccc(C2(OC)CCC2)c(CN)c1. The Kier molecular flexibility index (Phi) is 3.82. The van der Waals surface area contributed by atoms with Crippen molar-refractivity contribution in [2.45, 2.75) is 38.0 Å². The highest BCUT2D eigenvalue weighted by molar-refractivity contribution is 5.37. The third kappa shape index (κ3) is 2.23. The van der Waals surface area contributed by atoms with Crippen LogP contribution in [0.5, 0.6) is 0 Å². The fraction of sp³-hybridized carbons (Fsp3) is 0.571. The summed E-state index contributed by atoms with van der Waals surface area (Å²) in [4.78, 5) is 0. The lowest BCUT2D eigenvalue weighted by Gasteiger charge is -2.42. The molecule has 3 nitrogen and oxygen atoms in total. The van der Waals surface area contributed by atoms with Crippen molar-refractivity contribution >= 4 is 0 Å². The summed E-state index contributed by atoms with van der Waals surface area (Å²) < 4.78 is 10.9. The van der Waals surface area contributed by atoms with Crippen molar-refractivity contribution in [1.29, 1.82) is 0 Å². The Hall–Kier alpha value is -0.900. The van der Waals surface area contributed by atoms with E-state index in [2.05, 4.69) is 18.2 Å². The lowest BCUT2D eigenvalue weighted by molar-refractivity contribution is -0.0784. The van der Waals surface area contributed by atoms with Crippen molar-refractivity contribution in [3.05, 3.63) is 34.9 Å². The highest BCUT2D eigenvalue weighted by Crippen LogP contribution is 2.45. The van der Waals surface area contributed by atoms with Gasteiger partial charge in [-0.25, -0.2) is 0 Å². The van der Waals surface area contributed by atoms with Gasteiger partial charge in [0.15, 0.2) is 0 Å². The Bertz CT molecular complexity index is 380. The summed E-state index contributed by atoms with van der Waals surface area (Å²) in [5.74, 6) is 0. The minimum Gasteiger partial charge on any atom is -0.380 e. The fourth-order valence-electron chi connectivity index (χ4n) is 2.60. The number of benzene rings is 1. The second-order valence-corrected chi connectivity index (χ2v) is 4.68. The van der Waals surface area contributed by atoms with E-state index in [4.69, 9.17) is 15.2 Å². The van der Waals surface area contributed by atoms with Crippen LogP contribution in [0.15, 0.2) is 18.2 Å². The molecule has 2 N–H and O–H groups in total. The standard InChI is InChI=1S/C14H21NO2/c1-16-10-11-4-5-13(12(8-11)9-15)14(17-2)6-3-7-14/h4-5,8H,3,6-7,9-10,15H2,1-2H3. The number of ether oxygens (including phenoxy) is 2. The maximum Gasteiger partial charge on any atom is 0.0930 e. The van der Waals surface area contributed by atoms with Gasteiger partial charge in [0.05, 0.1) is 12.2 Å². The largest absolute Gasteiger partial charge is 0.380 e. The van der Waals surface area contributed by atoms with Crippen LogP contribution in [0.25, 0.3) is 0 Å². The summed E-state index contributed by atoms with van der Waals surface area (Å²) in [6.45, 7) is 1.19. The molecule has 0 saturated heterocycles. The monoisotopic (exact) mass is 235 g/mol. The highest BCUT2D eigenvalue weighted by atomic mass is 16.5. The van der Waals surface area contributed by atoms with Crippen LogP contribution in [0.3, 0.4) is 0 Å². The van der Waals surface area contributed by atoms with Gasteiger partial charge in [-0.3, -0.25) is 0 Å². The van der Waals surface area contributed by atoms with E-state index in [1.165, 1.54) is 23.1 Å². The zero-order valence-corrected chi connectivity index (χ0v) is 10.7. The van der Waals surface area contributed by atoms with Gasteiger partial charge in [-0.15, -0.1) is 0 Å². The Morgan fingerprint density at radius 1 is 1.29 bits per heavy atom. The van der Waals surface area contributed by atoms with Gasteiger partial charge >= 0.3 is 0 Å². The Balaban J connectivity index is 2.33. The van der Waals surface area contributed by atoms with E-state index >= 15 is 0 Å². The van der Waals surface area contributed by atoms with Crippen LogP contribution < -0.4 is 5.73 Å². The number of hydrogen-bond acceptors (Lipinski definition) is 3. The Morgan fingerprint density at radius 2 is 2.06 bits per heavy atom. The topological polar surface area (TPSA) is 44.5 Å². The van der Waals surface area contributed by atoms with E-state index in [-0.39, 0.29) is 5.60 Å². The number of rotatable bonds is 5. The molecule has 1 aliphatic carbocycles. The quantitative estimate of drug-likeness (QED) is 0.851. The van der Waals surface area contributed by atoms with Gasteiger partial charge in [0.25, 0.3) is 0 Å². The maximum atomic E-state index is 5.85. The summed E-state index contributed by atoms with van der Waals surface area (Å²) in [6, 6.07) is 6.40. The molecule has 0 atom stereocenters. The first-order chi connectivity index (χ1) is 8.25. The van der Waals surface area contributed by atoms with Crippen LogP contribution in [0.4, 0.5) is 0 Å². The summed E-state index contributed by atoms with van der Waals surface area (Å²) in [6.07, 6.45) is 3.43. The molecular formula is C14H21NO2. The molecule has 1 fully saturated rings. The minimum absolute atomic E-state index is 0.0830. The van der Waals surface area contributed by atoms with E-state index in [1.54, 1.807) is 14.2 Å². The first kappa shape index (κ1) is 12.6. The van der Waals surface area contributed by atoms with E-state index in [9.17, 15) is 0 Å². The molecule has 17 heavy (non-hydrogen) atoms. The summed E-state index contributed by atoms with van der Waals surface area (Å²) >= 11 is 0. The fourth-order valence-corrected chi connectivity index (χ4v) is 2.60. The molecule has 0 spiro atoms. The maximum absolute atomic E-state index is 5.85. The molecule has 94 valence electrons. The van der Waals surface area contributed by atoms with Crippen molar-refractivity contribution < 1.29 is 9.47 Å². The molecule has 2 rings (SSSR count). The van der Waals surface area contributed by atoms with Gasteiger partial charge in [0.1, 0.15) is 0 Å². The van der Waals surface area contributed by atoms with Crippen molar-refractivity contribution in [1.82, 2.24) is 0 Å². The van der Waals surface area contributed by atoms with Crippen molar-refractivity contribution in [3.63, 3.8) is 0 Å². The molecule has 1 saturated carbocycles. The van der Waals surface area contributed by atoms with Crippen LogP contribution in [-0.2, 0) is 28.2 Å². The van der Waals surface area contributed by atoms with E-state index < -0.39 is 0 Å². The van der Waals surface area contributed by atoms with Gasteiger partial charge in [-0.2, -0.15) is 0 Å². The molecule has 0 amide bonds. The first-order valence-electron chi connectivity index (χ1n) is 6.12. The van der Waals surface area contributed by atoms with Crippen LogP contribution in [0.2, 0.25) is 0 Å². The number of methoxy groups -OCH3 is 2. The van der Waals surface area contributed by atoms with E-state index in [1.807, 2.05) is 0 Å². The van der Waals surface area contributed by atoms with Gasteiger partial charge in [0.2, 0.25) is 0 Å². The second-order valence-electron chi connectivity index (χ2n) is 4.68. The summed E-state index contributed by atoms with van der Waals surface area (Å²) in [7, 11) is 3.50. The molecule has 0 aliphatic heterocycles. The zero-order valence-electron chi connectivity index (χ0n) is 10.7. The molecule has 0 unspecified atom stereocenters. The second kappa shape index (κ2) is 5.17. The van der Waals surface area contributed by atoms with Crippen molar-refractivity contribution in [2.75, 3.05) is 14.2 Å². The third-order valence-corrected chi connectivity index (χ3v) is 3.74. The number of nitrogens with two attached hydrogens (primary N) is 1. The Labute approximate surface area is 103 Å². The summed E-state index contributed by atoms with van der Waals surface area (Å²) in [5, 5.41) is 0. The summed E-state index contributed by atoms with van der Waals surface area (Å²) in [5.41, 5.74) is 9.37. The lowest BCUT2D eigenvalue weighted by atomic mass is 9.73. The first-order valence-corrected chi connectivity index (χ1v) is 6.12. The predicted octanol–water partition coefficient (Wildman–Crippen LogP) is 2.32. The normalized spacial score (nSPS) is 17.8. The molecule has 0 bridgehead atoms. The smallest absolute Gasteiger partial charge is 0.0930 e. The minimum atomic E-state index is -0.0830. The molecule has 1 aromatic rings. The molecule has 0 radical (unpaired) electrons. The number of hydrogen-bond donors (Lipinski definition) is 1. The van der Waals surface area contributed by atoms with Crippen molar-refractivity contribution in [2.24, 2.45) is 5.73 Å². The van der Waals surface area contributed by atoms with Crippen LogP contribution >= 0.6 is 0 Å². The lowest BCUT2D eigenvalue weighted by Crippen LogP contribution is -2.37. The highest BCUT2D eigenvalue weighted by Gasteiger charge is 2.40. The average molecular weight is 235 g/mol. The molecular weight excluding hydrogens is 214 g/mol. The van der Waals surface area contributed by atoms with Crippen LogP contribution in [-0.4, -0.2) is 14.2 Å². The van der Waals surface area contributed by atoms with Gasteiger partial charge in [-0.05, 0) is 36.0 Å². The third-order valence-electron chi connectivity index (χ3n) is 3.74. The van der Waals surface area contributed by atoms with Gasteiger partial charge < -0.3 is 15.2 Å². The molecule has 3 heteroatoms. The predicted molar refractivity (Wildman–Crippen MR) is 67.6 cm³/mol. The van der Waals surface area contributed by atoms with Gasteiger partial charge in [0, 0.05) is 20.8 Å². The zero-order chi connectivity index (χ0) is 12.3. The van der Waals surface area contributed by atoms with Crippen LogP contribution in [0.1, 0.15) is 36.0 Å².